The zero-order valence-corrected chi connectivity index (χ0v) is 15.6. The summed E-state index contributed by atoms with van der Waals surface area (Å²) < 4.78 is 0. The molecule has 1 fully saturated rings. The van der Waals surface area contributed by atoms with Gasteiger partial charge in [0.05, 0.1) is 0 Å². The van der Waals surface area contributed by atoms with Gasteiger partial charge in [0.1, 0.15) is 0 Å². The van der Waals surface area contributed by atoms with Crippen molar-refractivity contribution in [1.29, 1.82) is 0 Å². The van der Waals surface area contributed by atoms with E-state index < -0.39 is 0 Å². The molecule has 1 saturated heterocycles. The fourth-order valence-corrected chi connectivity index (χ4v) is 3.60. The molecule has 8 heteroatoms. The summed E-state index contributed by atoms with van der Waals surface area (Å²) in [6.45, 7) is 5.06. The Kier molecular flexibility index (Phi) is 6.30. The zero-order chi connectivity index (χ0) is 18.4. The molecule has 0 radical (unpaired) electrons. The summed E-state index contributed by atoms with van der Waals surface area (Å²) >= 11 is 0.996. The van der Waals surface area contributed by atoms with Crippen molar-refractivity contribution in [3.05, 3.63) is 40.3 Å². The monoisotopic (exact) mass is 373 g/mol. The Morgan fingerprint density at radius 3 is 2.46 bits per heavy atom. The van der Waals surface area contributed by atoms with Gasteiger partial charge >= 0.3 is 0 Å². The lowest BCUT2D eigenvalue weighted by molar-refractivity contribution is 0.0947. The molecule has 0 unspecified atom stereocenters. The number of rotatable bonds is 7. The molecule has 2 N–H and O–H groups in total. The molecule has 1 aliphatic heterocycles. The van der Waals surface area contributed by atoms with E-state index in [4.69, 9.17) is 0 Å². The molecular weight excluding hydrogens is 350 g/mol. The Hall–Kier alpha value is -2.32. The number of hydrogen-bond acceptors (Lipinski definition) is 6. The number of benzene rings is 1. The summed E-state index contributed by atoms with van der Waals surface area (Å²) in [7, 11) is 0. The molecule has 26 heavy (non-hydrogen) atoms. The van der Waals surface area contributed by atoms with E-state index in [1.54, 1.807) is 12.1 Å². The average molecular weight is 373 g/mol. The predicted molar refractivity (Wildman–Crippen MR) is 102 cm³/mol. The van der Waals surface area contributed by atoms with Crippen LogP contribution in [0, 0.1) is 0 Å². The van der Waals surface area contributed by atoms with Gasteiger partial charge in [-0.05, 0) is 51.4 Å². The third-order valence-electron chi connectivity index (χ3n) is 4.46. The zero-order valence-electron chi connectivity index (χ0n) is 14.8. The predicted octanol–water partition coefficient (Wildman–Crippen LogP) is 2.39. The molecular formula is C18H23N5O2S. The number of nitrogens with zero attached hydrogens (tertiary/aromatic N) is 3. The van der Waals surface area contributed by atoms with Crippen LogP contribution >= 0.6 is 11.3 Å². The van der Waals surface area contributed by atoms with Crippen molar-refractivity contribution in [2.75, 3.05) is 25.0 Å². The van der Waals surface area contributed by atoms with Crippen LogP contribution in [0.1, 0.15) is 45.8 Å². The Morgan fingerprint density at radius 1 is 1.12 bits per heavy atom. The van der Waals surface area contributed by atoms with E-state index in [1.807, 2.05) is 18.2 Å². The number of carbonyl (C=O) groups excluding carboxylic acids is 2. The molecule has 1 atom stereocenters. The molecule has 1 aromatic heterocycles. The van der Waals surface area contributed by atoms with Crippen LogP contribution in [0.2, 0.25) is 0 Å². The van der Waals surface area contributed by atoms with Gasteiger partial charge in [-0.25, -0.2) is 0 Å². The Morgan fingerprint density at radius 2 is 1.77 bits per heavy atom. The molecule has 0 aliphatic carbocycles. The van der Waals surface area contributed by atoms with E-state index in [-0.39, 0.29) is 21.8 Å². The van der Waals surface area contributed by atoms with Crippen LogP contribution in [0.15, 0.2) is 30.3 Å². The number of nitrogens with one attached hydrogen (secondary N) is 2. The molecule has 2 amide bonds. The van der Waals surface area contributed by atoms with Gasteiger partial charge in [0.25, 0.3) is 11.8 Å². The fraction of sp³-hybridized carbons (Fsp3) is 0.444. The first-order chi connectivity index (χ1) is 12.6. The SMILES string of the molecule is C[C@@H](CCNC(=O)c1nnc(C(=O)Nc2ccccc2)s1)N1CCCC1. The van der Waals surface area contributed by atoms with Crippen LogP contribution in [-0.2, 0) is 0 Å². The summed E-state index contributed by atoms with van der Waals surface area (Å²) in [5.41, 5.74) is 0.676. The van der Waals surface area contributed by atoms with E-state index in [2.05, 4.69) is 32.7 Å². The highest BCUT2D eigenvalue weighted by atomic mass is 32.1. The van der Waals surface area contributed by atoms with Crippen LogP contribution in [0.5, 0.6) is 0 Å². The minimum Gasteiger partial charge on any atom is -0.350 e. The fourth-order valence-electron chi connectivity index (χ4n) is 2.95. The summed E-state index contributed by atoms with van der Waals surface area (Å²) in [6.07, 6.45) is 3.41. The van der Waals surface area contributed by atoms with Gasteiger partial charge in [-0.2, -0.15) is 0 Å². The number of para-hydroxylation sites is 1. The normalized spacial score (nSPS) is 15.6. The van der Waals surface area contributed by atoms with Gasteiger partial charge in [0.2, 0.25) is 10.0 Å². The Bertz CT molecular complexity index is 743. The molecule has 2 aromatic rings. The van der Waals surface area contributed by atoms with Crippen molar-refractivity contribution in [2.45, 2.75) is 32.2 Å². The van der Waals surface area contributed by atoms with Gasteiger partial charge in [0.15, 0.2) is 0 Å². The highest BCUT2D eigenvalue weighted by Gasteiger charge is 2.20. The standard InChI is InChI=1S/C18H23N5O2S/c1-13(23-11-5-6-12-23)9-10-19-15(24)17-21-22-18(26-17)16(25)20-14-7-3-2-4-8-14/h2-4,7-8,13H,5-6,9-12H2,1H3,(H,19,24)(H,20,25)/t13-/m0/s1. The maximum Gasteiger partial charge on any atom is 0.286 e. The largest absolute Gasteiger partial charge is 0.350 e. The van der Waals surface area contributed by atoms with Gasteiger partial charge in [-0.3, -0.25) is 9.59 Å². The van der Waals surface area contributed by atoms with E-state index in [0.717, 1.165) is 30.8 Å². The first-order valence-electron chi connectivity index (χ1n) is 8.85. The van der Waals surface area contributed by atoms with E-state index in [9.17, 15) is 9.59 Å². The number of amides is 2. The highest BCUT2D eigenvalue weighted by Crippen LogP contribution is 2.15. The Labute approximate surface area is 156 Å². The second kappa shape index (κ2) is 8.86. The van der Waals surface area contributed by atoms with Crippen molar-refractivity contribution in [3.63, 3.8) is 0 Å². The van der Waals surface area contributed by atoms with E-state index in [0.29, 0.717) is 18.3 Å². The molecule has 0 saturated carbocycles. The first kappa shape index (κ1) is 18.5. The van der Waals surface area contributed by atoms with Crippen molar-refractivity contribution < 1.29 is 9.59 Å². The van der Waals surface area contributed by atoms with Gasteiger partial charge in [-0.1, -0.05) is 29.5 Å². The number of likely N-dealkylation sites (tertiary alicyclic amines) is 1. The quantitative estimate of drug-likeness (QED) is 0.778. The van der Waals surface area contributed by atoms with Crippen LogP contribution in [0.25, 0.3) is 0 Å². The van der Waals surface area contributed by atoms with E-state index >= 15 is 0 Å². The first-order valence-corrected chi connectivity index (χ1v) is 9.67. The minimum atomic E-state index is -0.365. The average Bonchev–Trinajstić information content (AvgIpc) is 3.34. The van der Waals surface area contributed by atoms with Crippen molar-refractivity contribution in [1.82, 2.24) is 20.4 Å². The molecule has 3 rings (SSSR count). The molecule has 0 bridgehead atoms. The topological polar surface area (TPSA) is 87.2 Å². The lowest BCUT2D eigenvalue weighted by atomic mass is 10.2. The van der Waals surface area contributed by atoms with Crippen LogP contribution in [-0.4, -0.2) is 52.6 Å². The lowest BCUT2D eigenvalue weighted by Crippen LogP contribution is -2.34. The third-order valence-corrected chi connectivity index (χ3v) is 5.38. The second-order valence-corrected chi connectivity index (χ2v) is 7.35. The summed E-state index contributed by atoms with van der Waals surface area (Å²) in [6, 6.07) is 9.56. The molecule has 138 valence electrons. The van der Waals surface area contributed by atoms with Crippen LogP contribution < -0.4 is 10.6 Å². The minimum absolute atomic E-state index is 0.171. The number of anilines is 1. The number of hydrogen-bond donors (Lipinski definition) is 2. The highest BCUT2D eigenvalue weighted by molar-refractivity contribution is 7.15. The maximum atomic E-state index is 12.2. The number of carbonyl (C=O) groups is 2. The van der Waals surface area contributed by atoms with E-state index in [1.165, 1.54) is 12.8 Å². The van der Waals surface area contributed by atoms with Crippen LogP contribution in [0.4, 0.5) is 5.69 Å². The summed E-state index contributed by atoms with van der Waals surface area (Å²) in [4.78, 5) is 26.8. The van der Waals surface area contributed by atoms with Gasteiger partial charge in [0, 0.05) is 18.3 Å². The maximum absolute atomic E-state index is 12.2. The van der Waals surface area contributed by atoms with Gasteiger partial charge in [-0.15, -0.1) is 10.2 Å². The van der Waals surface area contributed by atoms with Crippen molar-refractivity contribution in [3.8, 4) is 0 Å². The molecule has 0 spiro atoms. The number of aromatic nitrogens is 2. The van der Waals surface area contributed by atoms with Crippen molar-refractivity contribution in [2.24, 2.45) is 0 Å². The van der Waals surface area contributed by atoms with Crippen molar-refractivity contribution >= 4 is 28.8 Å². The van der Waals surface area contributed by atoms with Crippen LogP contribution in [0.3, 0.4) is 0 Å². The third kappa shape index (κ3) is 4.86. The summed E-state index contributed by atoms with van der Waals surface area (Å²) in [5, 5.41) is 13.6. The Balaban J connectivity index is 1.47. The molecule has 1 aliphatic rings. The molecule has 7 nitrogen and oxygen atoms in total. The second-order valence-electron chi connectivity index (χ2n) is 6.37. The smallest absolute Gasteiger partial charge is 0.286 e. The summed E-state index contributed by atoms with van der Waals surface area (Å²) in [5.74, 6) is -0.648. The molecule has 1 aromatic carbocycles. The van der Waals surface area contributed by atoms with Gasteiger partial charge < -0.3 is 15.5 Å². The lowest BCUT2D eigenvalue weighted by Gasteiger charge is -2.23. The molecule has 2 heterocycles.